The van der Waals surface area contributed by atoms with Gasteiger partial charge in [-0.3, -0.25) is 19.3 Å². The molecule has 2 aromatic rings. The fourth-order valence-electron chi connectivity index (χ4n) is 7.46. The van der Waals surface area contributed by atoms with Crippen LogP contribution in [-0.4, -0.2) is 132 Å². The molecular formula is C38H52N4O9S. The van der Waals surface area contributed by atoms with E-state index in [0.717, 1.165) is 24.0 Å². The number of carbonyl (C=O) groups excluding carboxylic acids is 3. The van der Waals surface area contributed by atoms with Gasteiger partial charge >= 0.3 is 0 Å². The molecule has 2 saturated heterocycles. The first-order chi connectivity index (χ1) is 25.1. The van der Waals surface area contributed by atoms with Crippen molar-refractivity contribution in [2.24, 2.45) is 5.92 Å². The summed E-state index contributed by atoms with van der Waals surface area (Å²) in [5, 5.41) is 3.02. The van der Waals surface area contributed by atoms with Crippen LogP contribution in [-0.2, 0) is 30.7 Å². The second-order valence-corrected chi connectivity index (χ2v) is 16.5. The molecule has 0 saturated carbocycles. The molecular weight excluding hydrogens is 689 g/mol. The molecule has 1 atom stereocenters. The third kappa shape index (κ3) is 9.56. The molecule has 0 spiro atoms. The number of benzene rings is 2. The van der Waals surface area contributed by atoms with Gasteiger partial charge in [0, 0.05) is 68.5 Å². The normalized spacial score (nSPS) is 21.6. The molecule has 0 aromatic heterocycles. The summed E-state index contributed by atoms with van der Waals surface area (Å²) in [4.78, 5) is 46.0. The van der Waals surface area contributed by atoms with Crippen LogP contribution < -0.4 is 19.5 Å². The highest BCUT2D eigenvalue weighted by molar-refractivity contribution is 7.91. The lowest BCUT2D eigenvalue weighted by atomic mass is 9.95. The van der Waals surface area contributed by atoms with E-state index < -0.39 is 9.84 Å². The number of likely N-dealkylation sites (N-methyl/N-ethyl adjacent to an activating group) is 1. The number of fused-ring (bicyclic) bond motifs is 7. The van der Waals surface area contributed by atoms with E-state index in [1.807, 2.05) is 39.9 Å². The monoisotopic (exact) mass is 740 g/mol. The number of hydrogen-bond donors (Lipinski definition) is 1. The van der Waals surface area contributed by atoms with Crippen molar-refractivity contribution < 1.29 is 41.7 Å². The van der Waals surface area contributed by atoms with Gasteiger partial charge in [0.25, 0.3) is 5.91 Å². The molecule has 4 heterocycles. The number of methoxy groups -OCH3 is 1. The molecule has 4 bridgehead atoms. The Balaban J connectivity index is 1.25. The Labute approximate surface area is 306 Å². The summed E-state index contributed by atoms with van der Waals surface area (Å²) >= 11 is 0. The van der Waals surface area contributed by atoms with Crippen molar-refractivity contribution >= 4 is 27.6 Å². The number of rotatable bonds is 6. The maximum Gasteiger partial charge on any atom is 0.251 e. The number of amides is 3. The van der Waals surface area contributed by atoms with Gasteiger partial charge in [0.2, 0.25) is 11.8 Å². The predicted molar refractivity (Wildman–Crippen MR) is 195 cm³/mol. The fraction of sp³-hybridized carbons (Fsp3) is 0.605. The van der Waals surface area contributed by atoms with Crippen molar-refractivity contribution in [1.29, 1.82) is 0 Å². The Bertz CT molecular complexity index is 1710. The van der Waals surface area contributed by atoms with E-state index in [-0.39, 0.29) is 41.8 Å². The number of ether oxygens (including phenoxy) is 4. The van der Waals surface area contributed by atoms with Crippen molar-refractivity contribution in [3.63, 3.8) is 0 Å². The summed E-state index contributed by atoms with van der Waals surface area (Å²) in [7, 11) is 0.331. The lowest BCUT2D eigenvalue weighted by molar-refractivity contribution is -0.134. The molecule has 6 rings (SSSR count). The summed E-state index contributed by atoms with van der Waals surface area (Å²) in [5.74, 6) is 2.03. The van der Waals surface area contributed by atoms with E-state index in [1.165, 1.54) is 0 Å². The van der Waals surface area contributed by atoms with Gasteiger partial charge in [-0.25, -0.2) is 8.42 Å². The summed E-state index contributed by atoms with van der Waals surface area (Å²) < 4.78 is 48.1. The van der Waals surface area contributed by atoms with Crippen LogP contribution in [0.15, 0.2) is 30.3 Å². The van der Waals surface area contributed by atoms with Crippen molar-refractivity contribution in [2.75, 3.05) is 84.8 Å². The number of hydrogen-bond acceptors (Lipinski definition) is 10. The Kier molecular flexibility index (Phi) is 12.6. The minimum Gasteiger partial charge on any atom is -0.496 e. The van der Waals surface area contributed by atoms with Crippen molar-refractivity contribution in [3.05, 3.63) is 41.5 Å². The van der Waals surface area contributed by atoms with Crippen molar-refractivity contribution in [3.8, 4) is 28.4 Å². The van der Waals surface area contributed by atoms with Gasteiger partial charge < -0.3 is 34.1 Å². The second-order valence-electron chi connectivity index (χ2n) is 14.3. The van der Waals surface area contributed by atoms with Gasteiger partial charge in [0.05, 0.1) is 38.3 Å². The summed E-state index contributed by atoms with van der Waals surface area (Å²) in [6.07, 6.45) is 4.68. The first kappa shape index (κ1) is 37.9. The maximum atomic E-state index is 13.6. The smallest absolute Gasteiger partial charge is 0.251 e. The van der Waals surface area contributed by atoms with Crippen LogP contribution in [0.1, 0.15) is 60.9 Å². The molecule has 4 aliphatic rings. The Morgan fingerprint density at radius 2 is 1.73 bits per heavy atom. The summed E-state index contributed by atoms with van der Waals surface area (Å²) in [6, 6.07) is 9.04. The Hall–Kier alpha value is -3.88. The SMILES string of the molecule is COc1ccc2cc1-c1cc3c(c(c1)OCCCN(C(=O)CN(C)C1CCS(=O)(=O)C1)CCCCNC2=O)OCCN(C(=O)CC1CCOCC1)C3. The molecule has 2 aromatic carbocycles. The standard InChI is InChI=1S/C38H52N4O9S/c1-40(31-10-19-52(46,47)26-31)25-36(44)41-12-4-3-11-39-38(45)28-6-7-33(48-2)32(22-28)29-21-30-24-42(35(43)20-27-8-16-49-17-9-27)14-18-51-37(30)34(23-29)50-15-5-13-41/h6-7,21-23,27,31H,3-5,8-20,24-26H2,1-2H3,(H,39,45). The maximum absolute atomic E-state index is 13.6. The quantitative estimate of drug-likeness (QED) is 0.470. The lowest BCUT2D eigenvalue weighted by Gasteiger charge is -2.28. The van der Waals surface area contributed by atoms with Crippen LogP contribution in [0.3, 0.4) is 0 Å². The number of nitrogens with zero attached hydrogens (tertiary/aromatic N) is 3. The topological polar surface area (TPSA) is 144 Å². The second kappa shape index (κ2) is 17.3. The van der Waals surface area contributed by atoms with Gasteiger partial charge in [0.15, 0.2) is 21.3 Å². The van der Waals surface area contributed by atoms with Crippen LogP contribution in [0.2, 0.25) is 0 Å². The fourth-order valence-corrected chi connectivity index (χ4v) is 9.26. The van der Waals surface area contributed by atoms with Gasteiger partial charge in [0.1, 0.15) is 12.4 Å². The highest BCUT2D eigenvalue weighted by atomic mass is 32.2. The molecule has 2 fully saturated rings. The van der Waals surface area contributed by atoms with Gasteiger partial charge in [-0.05, 0) is 87.4 Å². The first-order valence-electron chi connectivity index (χ1n) is 18.5. The predicted octanol–water partition coefficient (Wildman–Crippen LogP) is 3.14. The van der Waals surface area contributed by atoms with Crippen molar-refractivity contribution in [1.82, 2.24) is 20.0 Å². The molecule has 1 unspecified atom stereocenters. The molecule has 284 valence electrons. The summed E-state index contributed by atoms with van der Waals surface area (Å²) in [5.41, 5.74) is 2.76. The highest BCUT2D eigenvalue weighted by Crippen LogP contribution is 2.41. The van der Waals surface area contributed by atoms with E-state index >= 15 is 0 Å². The van der Waals surface area contributed by atoms with E-state index in [2.05, 4.69) is 5.32 Å². The molecule has 1 N–H and O–H groups in total. The van der Waals surface area contributed by atoms with Crippen LogP contribution in [0.4, 0.5) is 0 Å². The minimum atomic E-state index is -3.07. The minimum absolute atomic E-state index is 0.0680. The van der Waals surface area contributed by atoms with E-state index in [0.29, 0.717) is 126 Å². The third-order valence-electron chi connectivity index (χ3n) is 10.6. The van der Waals surface area contributed by atoms with Crippen LogP contribution in [0, 0.1) is 5.92 Å². The number of nitrogens with one attached hydrogen (secondary N) is 1. The van der Waals surface area contributed by atoms with Gasteiger partial charge in [-0.1, -0.05) is 0 Å². The molecule has 0 radical (unpaired) electrons. The van der Waals surface area contributed by atoms with Gasteiger partial charge in [-0.15, -0.1) is 0 Å². The first-order valence-corrected chi connectivity index (χ1v) is 20.4. The zero-order valence-corrected chi connectivity index (χ0v) is 31.2. The molecule has 0 aliphatic carbocycles. The van der Waals surface area contributed by atoms with Crippen molar-refractivity contribution in [2.45, 2.75) is 57.5 Å². The summed E-state index contributed by atoms with van der Waals surface area (Å²) in [6.45, 7) is 4.32. The van der Waals surface area contributed by atoms with Crippen LogP contribution in [0.25, 0.3) is 11.1 Å². The molecule has 14 heteroatoms. The Morgan fingerprint density at radius 1 is 0.923 bits per heavy atom. The zero-order chi connectivity index (χ0) is 36.7. The largest absolute Gasteiger partial charge is 0.496 e. The molecule has 3 amide bonds. The number of sulfone groups is 1. The van der Waals surface area contributed by atoms with E-state index in [9.17, 15) is 22.8 Å². The van der Waals surface area contributed by atoms with E-state index in [4.69, 9.17) is 18.9 Å². The zero-order valence-electron chi connectivity index (χ0n) is 30.4. The average Bonchev–Trinajstić information content (AvgIpc) is 3.36. The van der Waals surface area contributed by atoms with Gasteiger partial charge in [-0.2, -0.15) is 0 Å². The average molecular weight is 741 g/mol. The third-order valence-corrected chi connectivity index (χ3v) is 12.3. The molecule has 4 aliphatic heterocycles. The van der Waals surface area contributed by atoms with E-state index in [1.54, 1.807) is 19.2 Å². The highest BCUT2D eigenvalue weighted by Gasteiger charge is 2.32. The van der Waals surface area contributed by atoms with Crippen LogP contribution in [0.5, 0.6) is 17.2 Å². The Morgan fingerprint density at radius 3 is 2.50 bits per heavy atom. The van der Waals surface area contributed by atoms with Crippen LogP contribution >= 0.6 is 0 Å². The lowest BCUT2D eigenvalue weighted by Crippen LogP contribution is -2.44. The molecule has 52 heavy (non-hydrogen) atoms. The number of carbonyl (C=O) groups is 3. The molecule has 13 nitrogen and oxygen atoms in total.